The van der Waals surface area contributed by atoms with E-state index in [9.17, 15) is 4.39 Å². The molecular formula is C11H22FN. The molecule has 1 atom stereocenters. The van der Waals surface area contributed by atoms with Crippen LogP contribution in [0, 0.1) is 11.8 Å². The van der Waals surface area contributed by atoms with Gasteiger partial charge in [0.25, 0.3) is 0 Å². The van der Waals surface area contributed by atoms with Crippen molar-refractivity contribution >= 4 is 0 Å². The topological polar surface area (TPSA) is 26.0 Å². The Balaban J connectivity index is 2.35. The van der Waals surface area contributed by atoms with E-state index in [-0.39, 0.29) is 12.6 Å². The second-order valence-corrected chi connectivity index (χ2v) is 4.24. The van der Waals surface area contributed by atoms with Crippen molar-refractivity contribution in [3.63, 3.8) is 0 Å². The Kier molecular flexibility index (Phi) is 5.37. The minimum Gasteiger partial charge on any atom is -0.330 e. The molecule has 0 radical (unpaired) electrons. The van der Waals surface area contributed by atoms with Crippen LogP contribution < -0.4 is 5.73 Å². The molecule has 1 fully saturated rings. The molecule has 1 saturated carbocycles. The lowest BCUT2D eigenvalue weighted by Crippen LogP contribution is -2.20. The van der Waals surface area contributed by atoms with Crippen molar-refractivity contribution in [1.29, 1.82) is 0 Å². The largest absolute Gasteiger partial charge is 0.330 e. The summed E-state index contributed by atoms with van der Waals surface area (Å²) >= 11 is 0. The van der Waals surface area contributed by atoms with E-state index in [1.165, 1.54) is 38.5 Å². The molecule has 0 saturated heterocycles. The highest BCUT2D eigenvalue weighted by molar-refractivity contribution is 4.72. The van der Waals surface area contributed by atoms with Crippen molar-refractivity contribution in [2.45, 2.75) is 44.9 Å². The number of hydrogen-bond donors (Lipinski definition) is 1. The molecule has 0 heterocycles. The van der Waals surface area contributed by atoms with Crippen molar-refractivity contribution in [3.05, 3.63) is 0 Å². The van der Waals surface area contributed by atoms with Crippen LogP contribution in [0.25, 0.3) is 0 Å². The summed E-state index contributed by atoms with van der Waals surface area (Å²) in [5, 5.41) is 0. The molecule has 0 aromatic carbocycles. The van der Waals surface area contributed by atoms with Gasteiger partial charge in [-0.25, -0.2) is 0 Å². The molecule has 0 bridgehead atoms. The van der Waals surface area contributed by atoms with E-state index in [1.807, 2.05) is 0 Å². The van der Waals surface area contributed by atoms with Gasteiger partial charge >= 0.3 is 0 Å². The zero-order chi connectivity index (χ0) is 9.52. The maximum Gasteiger partial charge on any atom is 0.0925 e. The summed E-state index contributed by atoms with van der Waals surface area (Å²) in [4.78, 5) is 0. The van der Waals surface area contributed by atoms with Crippen molar-refractivity contribution in [2.24, 2.45) is 17.6 Å². The summed E-state index contributed by atoms with van der Waals surface area (Å²) in [6.45, 7) is 0.479. The van der Waals surface area contributed by atoms with E-state index >= 15 is 0 Å². The highest BCUT2D eigenvalue weighted by atomic mass is 19.1. The Bertz CT molecular complexity index is 119. The second-order valence-electron chi connectivity index (χ2n) is 4.24. The summed E-state index contributed by atoms with van der Waals surface area (Å²) < 4.78 is 12.7. The van der Waals surface area contributed by atoms with Gasteiger partial charge in [-0.3, -0.25) is 4.39 Å². The zero-order valence-corrected chi connectivity index (χ0v) is 8.47. The predicted molar refractivity (Wildman–Crippen MR) is 54.3 cm³/mol. The number of nitrogens with two attached hydrogens (primary N) is 1. The first-order chi connectivity index (χ1) is 6.38. The van der Waals surface area contributed by atoms with Gasteiger partial charge in [0.15, 0.2) is 0 Å². The Labute approximate surface area is 80.9 Å². The molecule has 1 aliphatic rings. The maximum absolute atomic E-state index is 12.7. The molecule has 1 unspecified atom stereocenters. The molecule has 0 aliphatic heterocycles. The molecule has 1 rings (SSSR count). The molecule has 78 valence electrons. The van der Waals surface area contributed by atoms with E-state index in [4.69, 9.17) is 5.73 Å². The van der Waals surface area contributed by atoms with E-state index in [0.717, 1.165) is 6.42 Å². The highest BCUT2D eigenvalue weighted by Gasteiger charge is 2.21. The fourth-order valence-corrected chi connectivity index (χ4v) is 2.44. The lowest BCUT2D eigenvalue weighted by Gasteiger charge is -2.22. The van der Waals surface area contributed by atoms with Gasteiger partial charge in [-0.05, 0) is 24.8 Å². The van der Waals surface area contributed by atoms with Crippen LogP contribution in [0.3, 0.4) is 0 Å². The normalized spacial score (nSPS) is 22.6. The van der Waals surface area contributed by atoms with Crippen molar-refractivity contribution < 1.29 is 4.39 Å². The summed E-state index contributed by atoms with van der Waals surface area (Å²) in [6, 6.07) is 0. The van der Waals surface area contributed by atoms with Crippen molar-refractivity contribution in [1.82, 2.24) is 0 Å². The van der Waals surface area contributed by atoms with Gasteiger partial charge in [0.2, 0.25) is 0 Å². The third-order valence-corrected chi connectivity index (χ3v) is 3.30. The minimum atomic E-state index is -0.165. The number of rotatable bonds is 4. The Morgan fingerprint density at radius 2 is 1.77 bits per heavy atom. The Morgan fingerprint density at radius 3 is 2.23 bits per heavy atom. The first-order valence-corrected chi connectivity index (χ1v) is 5.64. The van der Waals surface area contributed by atoms with Crippen LogP contribution in [0.15, 0.2) is 0 Å². The van der Waals surface area contributed by atoms with Gasteiger partial charge in [0.1, 0.15) is 0 Å². The van der Waals surface area contributed by atoms with E-state index in [2.05, 4.69) is 0 Å². The second kappa shape index (κ2) is 6.36. The fourth-order valence-electron chi connectivity index (χ4n) is 2.44. The Morgan fingerprint density at radius 1 is 1.15 bits per heavy atom. The fraction of sp³-hybridized carbons (Fsp3) is 1.00. The summed E-state index contributed by atoms with van der Waals surface area (Å²) in [7, 11) is 0. The lowest BCUT2D eigenvalue weighted by atomic mass is 9.85. The van der Waals surface area contributed by atoms with Crippen LogP contribution >= 0.6 is 0 Å². The van der Waals surface area contributed by atoms with Crippen LogP contribution in [-0.2, 0) is 0 Å². The molecular weight excluding hydrogens is 165 g/mol. The van der Waals surface area contributed by atoms with Gasteiger partial charge in [-0.1, -0.05) is 38.5 Å². The van der Waals surface area contributed by atoms with Crippen molar-refractivity contribution in [3.8, 4) is 0 Å². The van der Waals surface area contributed by atoms with Gasteiger partial charge in [0.05, 0.1) is 6.67 Å². The number of alkyl halides is 1. The highest BCUT2D eigenvalue weighted by Crippen LogP contribution is 2.30. The zero-order valence-electron chi connectivity index (χ0n) is 8.47. The molecule has 1 aliphatic carbocycles. The smallest absolute Gasteiger partial charge is 0.0925 e. The van der Waals surface area contributed by atoms with E-state index in [1.54, 1.807) is 0 Å². The van der Waals surface area contributed by atoms with E-state index in [0.29, 0.717) is 12.5 Å². The molecule has 0 spiro atoms. The molecule has 13 heavy (non-hydrogen) atoms. The summed E-state index contributed by atoms with van der Waals surface area (Å²) in [5.74, 6) is 0.874. The van der Waals surface area contributed by atoms with Crippen LogP contribution in [-0.4, -0.2) is 13.2 Å². The first-order valence-electron chi connectivity index (χ1n) is 5.64. The summed E-state index contributed by atoms with van der Waals surface area (Å²) in [6.07, 6.45) is 8.62. The average Bonchev–Trinajstić information content (AvgIpc) is 2.42. The third-order valence-electron chi connectivity index (χ3n) is 3.30. The predicted octanol–water partition coefficient (Wildman–Crippen LogP) is 2.89. The molecule has 0 amide bonds. The maximum atomic E-state index is 12.7. The van der Waals surface area contributed by atoms with Gasteiger partial charge in [-0.2, -0.15) is 0 Å². The minimum absolute atomic E-state index is 0.165. The molecule has 1 nitrogen and oxygen atoms in total. The SMILES string of the molecule is NCCC(CF)C1CCCCCC1. The quantitative estimate of drug-likeness (QED) is 0.673. The van der Waals surface area contributed by atoms with Gasteiger partial charge in [0, 0.05) is 0 Å². The van der Waals surface area contributed by atoms with Crippen LogP contribution in [0.2, 0.25) is 0 Å². The molecule has 2 N–H and O–H groups in total. The third kappa shape index (κ3) is 3.63. The molecule has 0 aromatic heterocycles. The van der Waals surface area contributed by atoms with Gasteiger partial charge in [-0.15, -0.1) is 0 Å². The average molecular weight is 187 g/mol. The van der Waals surface area contributed by atoms with Crippen LogP contribution in [0.1, 0.15) is 44.9 Å². The van der Waals surface area contributed by atoms with Crippen LogP contribution in [0.5, 0.6) is 0 Å². The first kappa shape index (κ1) is 11.0. The van der Waals surface area contributed by atoms with Gasteiger partial charge < -0.3 is 5.73 Å². The molecule has 0 aromatic rings. The standard InChI is InChI=1S/C11H22FN/c12-9-11(7-8-13)10-5-3-1-2-4-6-10/h10-11H,1-9,13H2. The molecule has 2 heteroatoms. The Hall–Kier alpha value is -0.110. The van der Waals surface area contributed by atoms with Crippen LogP contribution in [0.4, 0.5) is 4.39 Å². The monoisotopic (exact) mass is 187 g/mol. The van der Waals surface area contributed by atoms with E-state index < -0.39 is 0 Å². The van der Waals surface area contributed by atoms with Crippen molar-refractivity contribution in [2.75, 3.05) is 13.2 Å². The summed E-state index contributed by atoms with van der Waals surface area (Å²) in [5.41, 5.74) is 5.48. The number of hydrogen-bond acceptors (Lipinski definition) is 1. The lowest BCUT2D eigenvalue weighted by molar-refractivity contribution is 0.227. The number of halogens is 1.